The molecule has 2 atom stereocenters. The van der Waals surface area contributed by atoms with Crippen molar-refractivity contribution in [1.82, 2.24) is 10.6 Å². The molecule has 16 heavy (non-hydrogen) atoms. The molecule has 0 rings (SSSR count). The van der Waals surface area contributed by atoms with Crippen molar-refractivity contribution in [2.24, 2.45) is 0 Å². The number of nitrogens with one attached hydrogen (secondary N) is 2. The highest BCUT2D eigenvalue weighted by Gasteiger charge is 2.18. The van der Waals surface area contributed by atoms with Crippen LogP contribution < -0.4 is 10.6 Å². The van der Waals surface area contributed by atoms with Crippen LogP contribution in [0.5, 0.6) is 0 Å². The Labute approximate surface area is 100 Å². The molecular formula is C10H20N2O3S. The quantitative estimate of drug-likeness (QED) is 0.634. The van der Waals surface area contributed by atoms with Crippen LogP contribution in [-0.4, -0.2) is 40.7 Å². The zero-order valence-electron chi connectivity index (χ0n) is 9.95. The van der Waals surface area contributed by atoms with E-state index in [2.05, 4.69) is 17.6 Å². The molecule has 0 aromatic heterocycles. The van der Waals surface area contributed by atoms with Crippen molar-refractivity contribution in [2.75, 3.05) is 11.5 Å². The second kappa shape index (κ2) is 8.27. The number of carboxylic acids is 1. The molecule has 0 aromatic carbocycles. The molecule has 0 spiro atoms. The second-order valence-electron chi connectivity index (χ2n) is 3.48. The fourth-order valence-corrected chi connectivity index (χ4v) is 1.77. The number of hydrogen-bond acceptors (Lipinski definition) is 3. The first-order valence-electron chi connectivity index (χ1n) is 5.38. The van der Waals surface area contributed by atoms with Crippen LogP contribution in [0, 0.1) is 0 Å². The van der Waals surface area contributed by atoms with Gasteiger partial charge >= 0.3 is 12.0 Å². The molecule has 2 amide bonds. The molecule has 0 aliphatic rings. The number of aliphatic carboxylic acids is 1. The molecule has 0 bridgehead atoms. The molecular weight excluding hydrogens is 228 g/mol. The minimum atomic E-state index is -1.01. The number of rotatable bonds is 7. The van der Waals surface area contributed by atoms with Crippen LogP contribution >= 0.6 is 11.8 Å². The van der Waals surface area contributed by atoms with Crippen LogP contribution in [-0.2, 0) is 4.79 Å². The molecule has 94 valence electrons. The van der Waals surface area contributed by atoms with Gasteiger partial charge in [-0.05, 0) is 19.1 Å². The van der Waals surface area contributed by atoms with Crippen LogP contribution in [0.3, 0.4) is 0 Å². The summed E-state index contributed by atoms with van der Waals surface area (Å²) in [6.45, 7) is 5.66. The highest BCUT2D eigenvalue weighted by atomic mass is 32.2. The average Bonchev–Trinajstić information content (AvgIpc) is 2.22. The molecule has 6 heteroatoms. The lowest BCUT2D eigenvalue weighted by molar-refractivity contribution is -0.139. The lowest BCUT2D eigenvalue weighted by atomic mass is 10.2. The van der Waals surface area contributed by atoms with Gasteiger partial charge in [-0.15, -0.1) is 0 Å². The van der Waals surface area contributed by atoms with E-state index in [-0.39, 0.29) is 6.04 Å². The Morgan fingerprint density at radius 3 is 2.38 bits per heavy atom. The SMILES string of the molecule is CCSCC(C)NC(=O)N[C@H](CC)C(=O)O. The maximum Gasteiger partial charge on any atom is 0.326 e. The Bertz CT molecular complexity index is 236. The summed E-state index contributed by atoms with van der Waals surface area (Å²) in [5.74, 6) is 0.821. The van der Waals surface area contributed by atoms with Gasteiger partial charge in [-0.2, -0.15) is 11.8 Å². The maximum absolute atomic E-state index is 11.4. The van der Waals surface area contributed by atoms with E-state index in [9.17, 15) is 9.59 Å². The molecule has 0 aliphatic heterocycles. The summed E-state index contributed by atoms with van der Waals surface area (Å²) in [5.41, 5.74) is 0. The zero-order chi connectivity index (χ0) is 12.6. The van der Waals surface area contributed by atoms with Crippen molar-refractivity contribution < 1.29 is 14.7 Å². The van der Waals surface area contributed by atoms with Gasteiger partial charge in [0.05, 0.1) is 0 Å². The Balaban J connectivity index is 3.92. The minimum absolute atomic E-state index is 0.0382. The Kier molecular flexibility index (Phi) is 7.80. The second-order valence-corrected chi connectivity index (χ2v) is 4.80. The van der Waals surface area contributed by atoms with Crippen LogP contribution in [0.25, 0.3) is 0 Å². The average molecular weight is 248 g/mol. The summed E-state index contributed by atoms with van der Waals surface area (Å²) in [6, 6.07) is -1.19. The normalized spacial score (nSPS) is 13.9. The number of amides is 2. The number of carbonyl (C=O) groups excluding carboxylic acids is 1. The molecule has 0 saturated heterocycles. The third-order valence-corrected chi connectivity index (χ3v) is 3.11. The molecule has 5 nitrogen and oxygen atoms in total. The largest absolute Gasteiger partial charge is 0.480 e. The van der Waals surface area contributed by atoms with Crippen molar-refractivity contribution in [1.29, 1.82) is 0 Å². The highest BCUT2D eigenvalue weighted by molar-refractivity contribution is 7.99. The van der Waals surface area contributed by atoms with Crippen LogP contribution in [0.4, 0.5) is 4.79 Å². The van der Waals surface area contributed by atoms with Gasteiger partial charge in [-0.3, -0.25) is 0 Å². The monoisotopic (exact) mass is 248 g/mol. The van der Waals surface area contributed by atoms with E-state index in [1.165, 1.54) is 0 Å². The Morgan fingerprint density at radius 1 is 1.31 bits per heavy atom. The van der Waals surface area contributed by atoms with E-state index in [0.29, 0.717) is 6.42 Å². The number of hydrogen-bond donors (Lipinski definition) is 3. The summed E-state index contributed by atoms with van der Waals surface area (Å²) in [6.07, 6.45) is 0.376. The molecule has 0 aliphatic carbocycles. The lowest BCUT2D eigenvalue weighted by Gasteiger charge is -2.17. The number of carboxylic acid groups (broad SMARTS) is 1. The van der Waals surface area contributed by atoms with E-state index in [1.54, 1.807) is 18.7 Å². The summed E-state index contributed by atoms with van der Waals surface area (Å²) < 4.78 is 0. The molecule has 0 saturated carbocycles. The van der Waals surface area contributed by atoms with Crippen molar-refractivity contribution >= 4 is 23.8 Å². The summed E-state index contributed by atoms with van der Waals surface area (Å²) >= 11 is 1.73. The van der Waals surface area contributed by atoms with Gasteiger partial charge in [0.15, 0.2) is 0 Å². The third-order valence-electron chi connectivity index (χ3n) is 1.96. The molecule has 1 unspecified atom stereocenters. The van der Waals surface area contributed by atoms with Gasteiger partial charge in [-0.25, -0.2) is 9.59 Å². The highest BCUT2D eigenvalue weighted by Crippen LogP contribution is 2.01. The third kappa shape index (κ3) is 6.55. The van der Waals surface area contributed by atoms with Gasteiger partial charge in [0.2, 0.25) is 0 Å². The van der Waals surface area contributed by atoms with E-state index >= 15 is 0 Å². The Morgan fingerprint density at radius 2 is 1.94 bits per heavy atom. The van der Waals surface area contributed by atoms with Crippen molar-refractivity contribution in [3.63, 3.8) is 0 Å². The van der Waals surface area contributed by atoms with Crippen molar-refractivity contribution in [3.05, 3.63) is 0 Å². The fourth-order valence-electron chi connectivity index (χ4n) is 1.10. The molecule has 0 heterocycles. The minimum Gasteiger partial charge on any atom is -0.480 e. The number of thioether (sulfide) groups is 1. The van der Waals surface area contributed by atoms with E-state index in [1.807, 2.05) is 6.92 Å². The summed E-state index contributed by atoms with van der Waals surface area (Å²) in [5, 5.41) is 13.9. The molecule has 0 aromatic rings. The predicted molar refractivity (Wildman–Crippen MR) is 65.8 cm³/mol. The first-order chi connectivity index (χ1) is 7.51. The maximum atomic E-state index is 11.4. The smallest absolute Gasteiger partial charge is 0.326 e. The number of carbonyl (C=O) groups is 2. The van der Waals surface area contributed by atoms with E-state index in [4.69, 9.17) is 5.11 Å². The van der Waals surface area contributed by atoms with Gasteiger partial charge in [0.1, 0.15) is 6.04 Å². The van der Waals surface area contributed by atoms with E-state index in [0.717, 1.165) is 11.5 Å². The summed E-state index contributed by atoms with van der Waals surface area (Å²) in [7, 11) is 0. The van der Waals surface area contributed by atoms with Gasteiger partial charge < -0.3 is 15.7 Å². The topological polar surface area (TPSA) is 78.4 Å². The predicted octanol–water partition coefficient (Wildman–Crippen LogP) is 1.29. The van der Waals surface area contributed by atoms with E-state index < -0.39 is 18.0 Å². The van der Waals surface area contributed by atoms with Crippen LogP contribution in [0.1, 0.15) is 27.2 Å². The first-order valence-corrected chi connectivity index (χ1v) is 6.54. The molecule has 0 radical (unpaired) electrons. The standard InChI is InChI=1S/C10H20N2O3S/c1-4-8(9(13)14)12-10(15)11-7(3)6-16-5-2/h7-8H,4-6H2,1-3H3,(H,13,14)(H2,11,12,15)/t7?,8-/m1/s1. The van der Waals surface area contributed by atoms with Gasteiger partial charge in [0, 0.05) is 11.8 Å². The Hall–Kier alpha value is -0.910. The van der Waals surface area contributed by atoms with Crippen LogP contribution in [0.15, 0.2) is 0 Å². The number of urea groups is 1. The van der Waals surface area contributed by atoms with Crippen LogP contribution in [0.2, 0.25) is 0 Å². The van der Waals surface area contributed by atoms with Gasteiger partial charge in [-0.1, -0.05) is 13.8 Å². The zero-order valence-corrected chi connectivity index (χ0v) is 10.8. The lowest BCUT2D eigenvalue weighted by Crippen LogP contribution is -2.48. The fraction of sp³-hybridized carbons (Fsp3) is 0.800. The molecule has 0 fully saturated rings. The van der Waals surface area contributed by atoms with Gasteiger partial charge in [0.25, 0.3) is 0 Å². The van der Waals surface area contributed by atoms with Crippen molar-refractivity contribution in [2.45, 2.75) is 39.3 Å². The summed E-state index contributed by atoms with van der Waals surface area (Å²) in [4.78, 5) is 22.1. The first kappa shape index (κ1) is 15.1. The van der Waals surface area contributed by atoms with Crippen molar-refractivity contribution in [3.8, 4) is 0 Å². The molecule has 3 N–H and O–H groups in total.